The Hall–Kier alpha value is -3.70. The van der Waals surface area contributed by atoms with Gasteiger partial charge in [-0.3, -0.25) is 9.20 Å². The molecule has 154 valence electrons. The molecule has 1 atom stereocenters. The molecule has 0 bridgehead atoms. The topological polar surface area (TPSA) is 97.9 Å². The van der Waals surface area contributed by atoms with Gasteiger partial charge in [-0.15, -0.1) is 0 Å². The van der Waals surface area contributed by atoms with E-state index in [-0.39, 0.29) is 5.15 Å². The second kappa shape index (κ2) is 9.20. The molecule has 0 aliphatic rings. The molecular weight excluding hydrogens is 408 g/mol. The van der Waals surface area contributed by atoms with Crippen LogP contribution >= 0.6 is 11.6 Å². The van der Waals surface area contributed by atoms with Crippen molar-refractivity contribution < 1.29 is 19.0 Å². The standard InChI is InChI=1S/C21H19ClN4O4/c1-28-16-10-13(11-17(29-2)20(16)30-3)14(12-23)24-19(27)8-7-15-21(22)25-18-6-4-5-9-26(15)18/h4-11,14H,1-3H3,(H,24,27)/b8-7+. The zero-order valence-electron chi connectivity index (χ0n) is 16.5. The van der Waals surface area contributed by atoms with Gasteiger partial charge in [-0.25, -0.2) is 4.98 Å². The first-order valence-corrected chi connectivity index (χ1v) is 9.20. The quantitative estimate of drug-likeness (QED) is 0.581. The molecule has 1 unspecified atom stereocenters. The molecule has 1 N–H and O–H groups in total. The third-order valence-electron chi connectivity index (χ3n) is 4.35. The molecule has 0 aliphatic heterocycles. The number of fused-ring (bicyclic) bond motifs is 1. The largest absolute Gasteiger partial charge is 0.493 e. The third-order valence-corrected chi connectivity index (χ3v) is 4.63. The third kappa shape index (κ3) is 4.16. The average Bonchev–Trinajstić information content (AvgIpc) is 3.09. The first kappa shape index (κ1) is 21.0. The molecule has 9 heteroatoms. The maximum atomic E-state index is 12.5. The fraction of sp³-hybridized carbons (Fsp3) is 0.190. The van der Waals surface area contributed by atoms with Gasteiger partial charge in [0.2, 0.25) is 11.7 Å². The van der Waals surface area contributed by atoms with Gasteiger partial charge in [0.05, 0.1) is 33.1 Å². The lowest BCUT2D eigenvalue weighted by molar-refractivity contribution is -0.116. The van der Waals surface area contributed by atoms with E-state index >= 15 is 0 Å². The summed E-state index contributed by atoms with van der Waals surface area (Å²) < 4.78 is 17.6. The summed E-state index contributed by atoms with van der Waals surface area (Å²) in [5.41, 5.74) is 1.71. The minimum Gasteiger partial charge on any atom is -0.493 e. The van der Waals surface area contributed by atoms with Crippen LogP contribution in [0, 0.1) is 11.3 Å². The molecule has 2 aromatic heterocycles. The van der Waals surface area contributed by atoms with Crippen molar-refractivity contribution in [3.05, 3.63) is 59.0 Å². The van der Waals surface area contributed by atoms with Crippen molar-refractivity contribution in [1.29, 1.82) is 5.26 Å². The van der Waals surface area contributed by atoms with Crippen molar-refractivity contribution in [2.75, 3.05) is 21.3 Å². The number of benzene rings is 1. The second-order valence-electron chi connectivity index (χ2n) is 6.08. The van der Waals surface area contributed by atoms with E-state index in [9.17, 15) is 10.1 Å². The van der Waals surface area contributed by atoms with Gasteiger partial charge in [0.25, 0.3) is 0 Å². The van der Waals surface area contributed by atoms with Crippen LogP contribution in [0.3, 0.4) is 0 Å². The van der Waals surface area contributed by atoms with Crippen molar-refractivity contribution in [3.8, 4) is 23.3 Å². The second-order valence-corrected chi connectivity index (χ2v) is 6.44. The van der Waals surface area contributed by atoms with Gasteiger partial charge in [-0.05, 0) is 35.9 Å². The lowest BCUT2D eigenvalue weighted by atomic mass is 10.1. The van der Waals surface area contributed by atoms with E-state index in [1.807, 2.05) is 12.1 Å². The van der Waals surface area contributed by atoms with Crippen molar-refractivity contribution in [3.63, 3.8) is 0 Å². The molecule has 30 heavy (non-hydrogen) atoms. The number of hydrogen-bond acceptors (Lipinski definition) is 6. The molecule has 1 aromatic carbocycles. The van der Waals surface area contributed by atoms with E-state index in [0.717, 1.165) is 0 Å². The number of nitrogens with zero attached hydrogens (tertiary/aromatic N) is 3. The molecule has 3 aromatic rings. The Bertz CT molecular complexity index is 1120. The van der Waals surface area contributed by atoms with Gasteiger partial charge in [-0.1, -0.05) is 17.7 Å². The van der Waals surface area contributed by atoms with Gasteiger partial charge >= 0.3 is 0 Å². The van der Waals surface area contributed by atoms with Gasteiger partial charge < -0.3 is 19.5 Å². The van der Waals surface area contributed by atoms with Crippen molar-refractivity contribution in [2.24, 2.45) is 0 Å². The summed E-state index contributed by atoms with van der Waals surface area (Å²) in [7, 11) is 4.44. The molecule has 2 heterocycles. The number of halogens is 1. The van der Waals surface area contributed by atoms with Crippen LogP contribution in [0.5, 0.6) is 17.2 Å². The van der Waals surface area contributed by atoms with Gasteiger partial charge in [-0.2, -0.15) is 5.26 Å². The van der Waals surface area contributed by atoms with E-state index < -0.39 is 11.9 Å². The summed E-state index contributed by atoms with van der Waals surface area (Å²) in [6.07, 6.45) is 4.63. The summed E-state index contributed by atoms with van der Waals surface area (Å²) in [6.45, 7) is 0. The molecule has 3 rings (SSSR count). The summed E-state index contributed by atoms with van der Waals surface area (Å²) in [5.74, 6) is 0.690. The fourth-order valence-electron chi connectivity index (χ4n) is 2.94. The Morgan fingerprint density at radius 3 is 2.53 bits per heavy atom. The first-order valence-electron chi connectivity index (χ1n) is 8.83. The normalized spacial score (nSPS) is 11.8. The average molecular weight is 427 g/mol. The summed E-state index contributed by atoms with van der Waals surface area (Å²) in [5, 5.41) is 12.5. The van der Waals surface area contributed by atoms with Crippen LogP contribution in [0.2, 0.25) is 5.15 Å². The lowest BCUT2D eigenvalue weighted by Gasteiger charge is -2.16. The Morgan fingerprint density at radius 2 is 1.93 bits per heavy atom. The van der Waals surface area contributed by atoms with Crippen LogP contribution in [-0.2, 0) is 4.79 Å². The number of carbonyl (C=O) groups excluding carboxylic acids is 1. The number of methoxy groups -OCH3 is 3. The minimum atomic E-state index is -0.937. The van der Waals surface area contributed by atoms with E-state index in [0.29, 0.717) is 34.2 Å². The number of rotatable bonds is 7. The predicted molar refractivity (Wildman–Crippen MR) is 112 cm³/mol. The van der Waals surface area contributed by atoms with Gasteiger partial charge in [0.1, 0.15) is 11.7 Å². The highest BCUT2D eigenvalue weighted by molar-refractivity contribution is 6.31. The summed E-state index contributed by atoms with van der Waals surface area (Å²) in [4.78, 5) is 16.7. The van der Waals surface area contributed by atoms with E-state index in [1.54, 1.807) is 34.9 Å². The Labute approximate surface area is 178 Å². The minimum absolute atomic E-state index is 0.270. The Balaban J connectivity index is 1.84. The highest BCUT2D eigenvalue weighted by atomic mass is 35.5. The van der Waals surface area contributed by atoms with Gasteiger partial charge in [0.15, 0.2) is 16.7 Å². The molecule has 0 aliphatic carbocycles. The van der Waals surface area contributed by atoms with E-state index in [1.165, 1.54) is 27.4 Å². The number of hydrogen-bond donors (Lipinski definition) is 1. The highest BCUT2D eigenvalue weighted by Gasteiger charge is 2.19. The zero-order valence-corrected chi connectivity index (χ0v) is 17.3. The van der Waals surface area contributed by atoms with Crippen molar-refractivity contribution >= 4 is 29.2 Å². The number of imidazole rings is 1. The molecular formula is C21H19ClN4O4. The van der Waals surface area contributed by atoms with Crippen LogP contribution in [-0.4, -0.2) is 36.6 Å². The number of amides is 1. The molecule has 0 radical (unpaired) electrons. The lowest BCUT2D eigenvalue weighted by Crippen LogP contribution is -2.25. The molecule has 8 nitrogen and oxygen atoms in total. The van der Waals surface area contributed by atoms with Crippen LogP contribution in [0.25, 0.3) is 11.7 Å². The van der Waals surface area contributed by atoms with Crippen molar-refractivity contribution in [1.82, 2.24) is 14.7 Å². The number of aromatic nitrogens is 2. The maximum absolute atomic E-state index is 12.5. The number of carbonyl (C=O) groups is 1. The maximum Gasteiger partial charge on any atom is 0.245 e. The molecule has 0 fully saturated rings. The Kier molecular flexibility index (Phi) is 6.45. The number of nitriles is 1. The zero-order chi connectivity index (χ0) is 21.7. The van der Waals surface area contributed by atoms with E-state index in [4.69, 9.17) is 25.8 Å². The summed E-state index contributed by atoms with van der Waals surface area (Å²) >= 11 is 6.17. The first-order chi connectivity index (χ1) is 14.5. The van der Waals surface area contributed by atoms with E-state index in [2.05, 4.69) is 16.4 Å². The number of pyridine rings is 1. The summed E-state index contributed by atoms with van der Waals surface area (Å²) in [6, 6.07) is 9.83. The molecule has 0 saturated carbocycles. The van der Waals surface area contributed by atoms with Gasteiger partial charge in [0, 0.05) is 12.3 Å². The molecule has 0 spiro atoms. The number of ether oxygens (including phenoxy) is 3. The Morgan fingerprint density at radius 1 is 1.23 bits per heavy atom. The molecule has 1 amide bonds. The highest BCUT2D eigenvalue weighted by Crippen LogP contribution is 2.39. The predicted octanol–water partition coefficient (Wildman–Crippen LogP) is 3.41. The van der Waals surface area contributed by atoms with Crippen LogP contribution in [0.4, 0.5) is 0 Å². The monoisotopic (exact) mass is 426 g/mol. The van der Waals surface area contributed by atoms with Crippen LogP contribution in [0.1, 0.15) is 17.3 Å². The van der Waals surface area contributed by atoms with Crippen molar-refractivity contribution in [2.45, 2.75) is 6.04 Å². The fourth-order valence-corrected chi connectivity index (χ4v) is 3.18. The SMILES string of the molecule is COc1cc(C(C#N)NC(=O)/C=C/c2c(Cl)nc3ccccn23)cc(OC)c1OC. The smallest absolute Gasteiger partial charge is 0.245 e. The van der Waals surface area contributed by atoms with Crippen LogP contribution < -0.4 is 19.5 Å². The molecule has 0 saturated heterocycles. The van der Waals surface area contributed by atoms with Crippen LogP contribution in [0.15, 0.2) is 42.6 Å². The number of nitrogens with one attached hydrogen (secondary N) is 1.